The molecule has 25 heavy (non-hydrogen) atoms. The van der Waals surface area contributed by atoms with Crippen LogP contribution in [0, 0.1) is 6.92 Å². The third-order valence-electron chi connectivity index (χ3n) is 3.88. The molecule has 2 aromatic carbocycles. The molecule has 1 N–H and O–H groups in total. The van der Waals surface area contributed by atoms with Gasteiger partial charge in [0, 0.05) is 19.0 Å². The van der Waals surface area contributed by atoms with Crippen molar-refractivity contribution in [2.45, 2.75) is 19.8 Å². The number of anilines is 1. The number of aromatic nitrogens is 1. The van der Waals surface area contributed by atoms with E-state index in [1.54, 1.807) is 39.3 Å². The Kier molecular flexibility index (Phi) is 4.88. The highest BCUT2D eigenvalue weighted by atomic mass is 16.5. The van der Waals surface area contributed by atoms with Gasteiger partial charge in [0.15, 0.2) is 23.0 Å². The van der Waals surface area contributed by atoms with E-state index in [2.05, 4.69) is 10.3 Å². The van der Waals surface area contributed by atoms with Gasteiger partial charge in [0.1, 0.15) is 5.52 Å². The molecule has 3 rings (SSSR count). The molecule has 0 unspecified atom stereocenters. The predicted octanol–water partition coefficient (Wildman–Crippen LogP) is 3.72. The van der Waals surface area contributed by atoms with Gasteiger partial charge in [-0.3, -0.25) is 4.79 Å². The van der Waals surface area contributed by atoms with E-state index in [0.29, 0.717) is 41.5 Å². The lowest BCUT2D eigenvalue weighted by Crippen LogP contribution is -2.12. The Morgan fingerprint density at radius 3 is 2.80 bits per heavy atom. The largest absolute Gasteiger partial charge is 0.493 e. The molecule has 130 valence electrons. The summed E-state index contributed by atoms with van der Waals surface area (Å²) in [6.07, 6.45) is 0.886. The molecule has 3 aromatic rings. The molecular weight excluding hydrogens is 320 g/mol. The van der Waals surface area contributed by atoms with E-state index in [9.17, 15) is 4.79 Å². The van der Waals surface area contributed by atoms with Crippen molar-refractivity contribution in [1.29, 1.82) is 0 Å². The Morgan fingerprint density at radius 2 is 2.04 bits per heavy atom. The number of para-hydroxylation sites is 1. The molecular formula is C19H20N2O4. The number of carbonyl (C=O) groups excluding carboxylic acids is 1. The highest BCUT2D eigenvalue weighted by Crippen LogP contribution is 2.31. The van der Waals surface area contributed by atoms with Crippen molar-refractivity contribution in [2.75, 3.05) is 19.5 Å². The van der Waals surface area contributed by atoms with Gasteiger partial charge in [0.25, 0.3) is 0 Å². The van der Waals surface area contributed by atoms with Gasteiger partial charge in [-0.1, -0.05) is 12.1 Å². The minimum Gasteiger partial charge on any atom is -0.493 e. The summed E-state index contributed by atoms with van der Waals surface area (Å²) in [5, 5.41) is 2.89. The van der Waals surface area contributed by atoms with Gasteiger partial charge in [-0.25, -0.2) is 4.98 Å². The molecule has 1 amide bonds. The molecule has 0 bridgehead atoms. The number of nitrogens with one attached hydrogen (secondary N) is 1. The molecule has 0 radical (unpaired) electrons. The monoisotopic (exact) mass is 340 g/mol. The van der Waals surface area contributed by atoms with Gasteiger partial charge in [-0.15, -0.1) is 0 Å². The van der Waals surface area contributed by atoms with E-state index in [0.717, 1.165) is 11.1 Å². The van der Waals surface area contributed by atoms with Crippen LogP contribution in [0.4, 0.5) is 5.69 Å². The van der Waals surface area contributed by atoms with E-state index in [4.69, 9.17) is 13.9 Å². The second-order valence-electron chi connectivity index (χ2n) is 5.62. The molecule has 0 saturated heterocycles. The molecule has 0 aliphatic heterocycles. The second-order valence-corrected chi connectivity index (χ2v) is 5.62. The van der Waals surface area contributed by atoms with Crippen molar-refractivity contribution in [3.05, 3.63) is 47.9 Å². The average molecular weight is 340 g/mol. The third kappa shape index (κ3) is 3.74. The van der Waals surface area contributed by atoms with Crippen LogP contribution in [0.3, 0.4) is 0 Å². The first kappa shape index (κ1) is 16.8. The van der Waals surface area contributed by atoms with Crippen LogP contribution in [0.2, 0.25) is 0 Å². The summed E-state index contributed by atoms with van der Waals surface area (Å²) in [5.74, 6) is 1.84. The van der Waals surface area contributed by atoms with E-state index >= 15 is 0 Å². The first-order valence-electron chi connectivity index (χ1n) is 7.97. The normalized spacial score (nSPS) is 10.7. The number of methoxy groups -OCH3 is 2. The third-order valence-corrected chi connectivity index (χ3v) is 3.88. The molecule has 1 heterocycles. The molecule has 0 aliphatic carbocycles. The Bertz CT molecular complexity index is 902. The number of oxazole rings is 1. The lowest BCUT2D eigenvalue weighted by molar-refractivity contribution is -0.116. The van der Waals surface area contributed by atoms with Crippen molar-refractivity contribution in [2.24, 2.45) is 0 Å². The number of aryl methyl sites for hydroxylation is 2. The fraction of sp³-hybridized carbons (Fsp3) is 0.263. The Balaban J connectivity index is 1.66. The lowest BCUT2D eigenvalue weighted by atomic mass is 10.1. The molecule has 0 spiro atoms. The van der Waals surface area contributed by atoms with Gasteiger partial charge in [-0.05, 0) is 36.2 Å². The van der Waals surface area contributed by atoms with Crippen molar-refractivity contribution >= 4 is 22.7 Å². The van der Waals surface area contributed by atoms with Crippen molar-refractivity contribution in [1.82, 2.24) is 4.98 Å². The number of rotatable bonds is 6. The van der Waals surface area contributed by atoms with Crippen LogP contribution in [0.1, 0.15) is 17.9 Å². The fourth-order valence-corrected chi connectivity index (χ4v) is 2.74. The summed E-state index contributed by atoms with van der Waals surface area (Å²) in [6, 6.07) is 11.1. The second kappa shape index (κ2) is 7.25. The van der Waals surface area contributed by atoms with E-state index in [-0.39, 0.29) is 5.91 Å². The van der Waals surface area contributed by atoms with E-state index in [1.165, 1.54) is 0 Å². The topological polar surface area (TPSA) is 73.6 Å². The molecule has 0 aliphatic rings. The first-order chi connectivity index (χ1) is 12.1. The Hall–Kier alpha value is -3.02. The maximum atomic E-state index is 12.3. The highest BCUT2D eigenvalue weighted by Gasteiger charge is 2.12. The average Bonchev–Trinajstić information content (AvgIpc) is 2.98. The van der Waals surface area contributed by atoms with Crippen LogP contribution in [-0.2, 0) is 11.2 Å². The molecule has 0 saturated carbocycles. The summed E-state index contributed by atoms with van der Waals surface area (Å²) in [7, 11) is 3.19. The van der Waals surface area contributed by atoms with Gasteiger partial charge in [0.2, 0.25) is 5.91 Å². The first-order valence-corrected chi connectivity index (χ1v) is 7.97. The molecule has 6 heteroatoms. The number of hydrogen-bond acceptors (Lipinski definition) is 5. The number of ether oxygens (including phenoxy) is 2. The van der Waals surface area contributed by atoms with Gasteiger partial charge in [0.05, 0.1) is 14.2 Å². The zero-order valence-corrected chi connectivity index (χ0v) is 14.5. The summed E-state index contributed by atoms with van der Waals surface area (Å²) in [6.45, 7) is 1.79. The standard InChI is InChI=1S/C19H20N2O4/c1-12-20-15-11-14(8-9-16(15)25-12)21-18(22)10-7-13-5-4-6-17(23-2)19(13)24-3/h4-6,8-9,11H,7,10H2,1-3H3,(H,21,22). The van der Waals surface area contributed by atoms with Crippen LogP contribution in [-0.4, -0.2) is 25.1 Å². The molecule has 0 fully saturated rings. The quantitative estimate of drug-likeness (QED) is 0.740. The van der Waals surface area contributed by atoms with Crippen LogP contribution < -0.4 is 14.8 Å². The maximum Gasteiger partial charge on any atom is 0.224 e. The SMILES string of the molecule is COc1cccc(CCC(=O)Nc2ccc3oc(C)nc3c2)c1OC. The molecule has 6 nitrogen and oxygen atoms in total. The number of hydrogen-bond donors (Lipinski definition) is 1. The van der Waals surface area contributed by atoms with Crippen molar-refractivity contribution in [3.63, 3.8) is 0 Å². The van der Waals surface area contributed by atoms with Crippen molar-refractivity contribution < 1.29 is 18.7 Å². The number of benzene rings is 2. The van der Waals surface area contributed by atoms with Gasteiger partial charge >= 0.3 is 0 Å². The Labute approximate surface area is 145 Å². The highest BCUT2D eigenvalue weighted by molar-refractivity contribution is 5.92. The van der Waals surface area contributed by atoms with Crippen LogP contribution in [0.15, 0.2) is 40.8 Å². The zero-order valence-electron chi connectivity index (χ0n) is 14.5. The van der Waals surface area contributed by atoms with Gasteiger partial charge in [-0.2, -0.15) is 0 Å². The fourth-order valence-electron chi connectivity index (χ4n) is 2.74. The number of fused-ring (bicyclic) bond motifs is 1. The van der Waals surface area contributed by atoms with Crippen LogP contribution in [0.25, 0.3) is 11.1 Å². The van der Waals surface area contributed by atoms with Gasteiger partial charge < -0.3 is 19.2 Å². The molecule has 1 aromatic heterocycles. The number of nitrogens with zero attached hydrogens (tertiary/aromatic N) is 1. The zero-order chi connectivity index (χ0) is 17.8. The van der Waals surface area contributed by atoms with Crippen LogP contribution in [0.5, 0.6) is 11.5 Å². The van der Waals surface area contributed by atoms with E-state index in [1.807, 2.05) is 18.2 Å². The minimum atomic E-state index is -0.0792. The summed E-state index contributed by atoms with van der Waals surface area (Å²) >= 11 is 0. The summed E-state index contributed by atoms with van der Waals surface area (Å²) < 4.78 is 16.1. The summed E-state index contributed by atoms with van der Waals surface area (Å²) in [5.41, 5.74) is 3.06. The van der Waals surface area contributed by atoms with Crippen LogP contribution >= 0.6 is 0 Å². The number of carbonyl (C=O) groups is 1. The van der Waals surface area contributed by atoms with E-state index < -0.39 is 0 Å². The number of amides is 1. The predicted molar refractivity (Wildman–Crippen MR) is 95.2 cm³/mol. The van der Waals surface area contributed by atoms with Crippen molar-refractivity contribution in [3.8, 4) is 11.5 Å². The lowest BCUT2D eigenvalue weighted by Gasteiger charge is -2.12. The summed E-state index contributed by atoms with van der Waals surface area (Å²) in [4.78, 5) is 16.5. The maximum absolute atomic E-state index is 12.3. The minimum absolute atomic E-state index is 0.0792. The molecule has 0 atom stereocenters. The smallest absolute Gasteiger partial charge is 0.224 e. The Morgan fingerprint density at radius 1 is 1.20 bits per heavy atom.